The minimum Gasteiger partial charge on any atom is -0.327 e. The van der Waals surface area contributed by atoms with Gasteiger partial charge in [0.2, 0.25) is 0 Å². The van der Waals surface area contributed by atoms with Crippen LogP contribution in [0.1, 0.15) is 64.2 Å². The molecule has 0 aromatic carbocycles. The van der Waals surface area contributed by atoms with E-state index in [-0.39, 0.29) is 0 Å². The van der Waals surface area contributed by atoms with Crippen molar-refractivity contribution in [3.8, 4) is 0 Å². The Hall–Kier alpha value is -0.0800. The predicted molar refractivity (Wildman–Crippen MR) is 90.0 cm³/mol. The zero-order valence-corrected chi connectivity index (χ0v) is 14.0. The van der Waals surface area contributed by atoms with Crippen molar-refractivity contribution < 1.29 is 0 Å². The van der Waals surface area contributed by atoms with Gasteiger partial charge in [0.1, 0.15) is 0 Å². The van der Waals surface area contributed by atoms with E-state index in [0.29, 0.717) is 12.1 Å². The molecule has 8 fully saturated rings. The SMILES string of the molecule is NC1C2CC3CC(C2)CC1C3.NC1C2CC3CC(C2)CC1C3. The highest BCUT2D eigenvalue weighted by Crippen LogP contribution is 2.53. The summed E-state index contributed by atoms with van der Waals surface area (Å²) >= 11 is 0. The number of rotatable bonds is 0. The molecule has 2 nitrogen and oxygen atoms in total. The predicted octanol–water partition coefficient (Wildman–Crippen LogP) is 3.54. The minimum absolute atomic E-state index is 0.586. The van der Waals surface area contributed by atoms with Crippen LogP contribution < -0.4 is 11.5 Å². The van der Waals surface area contributed by atoms with E-state index >= 15 is 0 Å². The van der Waals surface area contributed by atoms with Crippen LogP contribution in [0.3, 0.4) is 0 Å². The fourth-order valence-corrected chi connectivity index (χ4v) is 7.93. The Bertz CT molecular complexity index is 335. The first-order chi connectivity index (χ1) is 10.7. The van der Waals surface area contributed by atoms with E-state index in [1.165, 1.54) is 51.4 Å². The Morgan fingerprint density at radius 3 is 0.818 bits per heavy atom. The highest BCUT2D eigenvalue weighted by molar-refractivity contribution is 5.00. The van der Waals surface area contributed by atoms with Crippen LogP contribution in [0.4, 0.5) is 0 Å². The second kappa shape index (κ2) is 5.21. The maximum absolute atomic E-state index is 6.17. The monoisotopic (exact) mass is 302 g/mol. The third-order valence-electron chi connectivity index (χ3n) is 8.60. The largest absolute Gasteiger partial charge is 0.327 e. The van der Waals surface area contributed by atoms with E-state index < -0.39 is 0 Å². The van der Waals surface area contributed by atoms with Crippen LogP contribution in [0.2, 0.25) is 0 Å². The zero-order chi connectivity index (χ0) is 14.8. The molecule has 4 N–H and O–H groups in total. The van der Waals surface area contributed by atoms with Gasteiger partial charge in [-0.05, 0) is 112 Å². The lowest BCUT2D eigenvalue weighted by Gasteiger charge is -2.53. The van der Waals surface area contributed by atoms with Gasteiger partial charge >= 0.3 is 0 Å². The van der Waals surface area contributed by atoms with Gasteiger partial charge in [-0.25, -0.2) is 0 Å². The second-order valence-corrected chi connectivity index (χ2v) is 10.0. The van der Waals surface area contributed by atoms with Crippen LogP contribution in [0.25, 0.3) is 0 Å². The fraction of sp³-hybridized carbons (Fsp3) is 1.00. The minimum atomic E-state index is 0.586. The average molecular weight is 303 g/mol. The Morgan fingerprint density at radius 2 is 0.591 bits per heavy atom. The molecule has 2 heteroatoms. The van der Waals surface area contributed by atoms with Crippen molar-refractivity contribution in [2.24, 2.45) is 58.8 Å². The van der Waals surface area contributed by atoms with Gasteiger partial charge in [-0.15, -0.1) is 0 Å². The molecule has 8 aliphatic rings. The Balaban J connectivity index is 0.000000102. The van der Waals surface area contributed by atoms with Crippen molar-refractivity contribution in [2.75, 3.05) is 0 Å². The molecule has 0 aromatic rings. The first-order valence-electron chi connectivity index (χ1n) is 10.2. The van der Waals surface area contributed by atoms with Gasteiger partial charge in [0, 0.05) is 12.1 Å². The van der Waals surface area contributed by atoms with Crippen LogP contribution in [0.5, 0.6) is 0 Å². The Labute approximate surface area is 135 Å². The van der Waals surface area contributed by atoms with E-state index in [1.54, 1.807) is 12.8 Å². The molecule has 0 unspecified atom stereocenters. The lowest BCUT2D eigenvalue weighted by Crippen LogP contribution is -2.52. The summed E-state index contributed by atoms with van der Waals surface area (Å²) in [4.78, 5) is 0. The molecule has 8 bridgehead atoms. The van der Waals surface area contributed by atoms with Gasteiger partial charge in [-0.3, -0.25) is 0 Å². The molecule has 0 saturated heterocycles. The first kappa shape index (κ1) is 14.3. The van der Waals surface area contributed by atoms with E-state index in [0.717, 1.165) is 47.3 Å². The summed E-state index contributed by atoms with van der Waals surface area (Å²) < 4.78 is 0. The first-order valence-corrected chi connectivity index (χ1v) is 10.2. The number of hydrogen-bond acceptors (Lipinski definition) is 2. The van der Waals surface area contributed by atoms with Crippen molar-refractivity contribution in [1.29, 1.82) is 0 Å². The summed E-state index contributed by atoms with van der Waals surface area (Å²) in [5.41, 5.74) is 12.3. The maximum Gasteiger partial charge on any atom is 0.00960 e. The quantitative estimate of drug-likeness (QED) is 0.719. The summed E-state index contributed by atoms with van der Waals surface area (Å²) in [5.74, 6) is 8.01. The molecule has 0 aromatic heterocycles. The van der Waals surface area contributed by atoms with Crippen molar-refractivity contribution in [1.82, 2.24) is 0 Å². The van der Waals surface area contributed by atoms with Crippen LogP contribution in [-0.4, -0.2) is 12.1 Å². The van der Waals surface area contributed by atoms with Gasteiger partial charge in [0.25, 0.3) is 0 Å². The summed E-state index contributed by atoms with van der Waals surface area (Å²) in [6.45, 7) is 0. The third kappa shape index (κ3) is 2.28. The Morgan fingerprint density at radius 1 is 0.364 bits per heavy atom. The molecule has 0 radical (unpaired) electrons. The highest BCUT2D eigenvalue weighted by Gasteiger charge is 2.47. The molecular formula is C20H34N2. The molecule has 0 atom stereocenters. The summed E-state index contributed by atoms with van der Waals surface area (Å²) in [7, 11) is 0. The van der Waals surface area contributed by atoms with E-state index in [9.17, 15) is 0 Å². The van der Waals surface area contributed by atoms with Crippen LogP contribution >= 0.6 is 0 Å². The molecule has 8 saturated carbocycles. The summed E-state index contributed by atoms with van der Waals surface area (Å²) in [5, 5.41) is 0. The molecule has 0 heterocycles. The van der Waals surface area contributed by atoms with E-state index in [2.05, 4.69) is 0 Å². The second-order valence-electron chi connectivity index (χ2n) is 10.0. The number of hydrogen-bond donors (Lipinski definition) is 2. The molecule has 0 aliphatic heterocycles. The average Bonchev–Trinajstić information content (AvgIpc) is 2.49. The Kier molecular flexibility index (Phi) is 3.38. The lowest BCUT2D eigenvalue weighted by atomic mass is 9.54. The number of nitrogens with two attached hydrogens (primary N) is 2. The standard InChI is InChI=1S/2C10H17N/c2*11-10-8-2-6-1-7(4-8)5-9(10)3-6/h2*6-10H,1-5,11H2. The van der Waals surface area contributed by atoms with Gasteiger partial charge < -0.3 is 11.5 Å². The van der Waals surface area contributed by atoms with Gasteiger partial charge in [-0.1, -0.05) is 0 Å². The third-order valence-corrected chi connectivity index (χ3v) is 8.60. The van der Waals surface area contributed by atoms with Crippen molar-refractivity contribution in [3.63, 3.8) is 0 Å². The van der Waals surface area contributed by atoms with Gasteiger partial charge in [-0.2, -0.15) is 0 Å². The highest BCUT2D eigenvalue weighted by atomic mass is 14.7. The topological polar surface area (TPSA) is 52.0 Å². The van der Waals surface area contributed by atoms with Crippen LogP contribution in [0.15, 0.2) is 0 Å². The maximum atomic E-state index is 6.17. The van der Waals surface area contributed by atoms with Gasteiger partial charge in [0.05, 0.1) is 0 Å². The molecule has 0 amide bonds. The molecular weight excluding hydrogens is 268 g/mol. The van der Waals surface area contributed by atoms with Gasteiger partial charge in [0.15, 0.2) is 0 Å². The zero-order valence-electron chi connectivity index (χ0n) is 14.0. The lowest BCUT2D eigenvalue weighted by molar-refractivity contribution is 0.000322. The van der Waals surface area contributed by atoms with Crippen molar-refractivity contribution >= 4 is 0 Å². The summed E-state index contributed by atoms with van der Waals surface area (Å²) in [6.07, 6.45) is 14.8. The van der Waals surface area contributed by atoms with Crippen molar-refractivity contribution in [3.05, 3.63) is 0 Å². The molecule has 8 aliphatic carbocycles. The molecule has 22 heavy (non-hydrogen) atoms. The summed E-state index contributed by atoms with van der Waals surface area (Å²) in [6, 6.07) is 1.17. The smallest absolute Gasteiger partial charge is 0.00960 e. The van der Waals surface area contributed by atoms with Crippen LogP contribution in [0, 0.1) is 47.3 Å². The van der Waals surface area contributed by atoms with Crippen LogP contribution in [-0.2, 0) is 0 Å². The fourth-order valence-electron chi connectivity index (χ4n) is 7.93. The normalized spacial score (nSPS) is 60.3. The van der Waals surface area contributed by atoms with E-state index in [4.69, 9.17) is 11.5 Å². The molecule has 0 spiro atoms. The van der Waals surface area contributed by atoms with E-state index in [1.807, 2.05) is 0 Å². The van der Waals surface area contributed by atoms with Crippen molar-refractivity contribution in [2.45, 2.75) is 76.3 Å². The molecule has 124 valence electrons. The molecule has 8 rings (SSSR count).